The summed E-state index contributed by atoms with van der Waals surface area (Å²) in [4.78, 5) is 15.6. The molecule has 4 heteroatoms. The van der Waals surface area contributed by atoms with E-state index in [1.54, 1.807) is 13.2 Å². The third kappa shape index (κ3) is 2.96. The summed E-state index contributed by atoms with van der Waals surface area (Å²) in [6.45, 7) is 2.07. The molecule has 0 N–H and O–H groups in total. The van der Waals surface area contributed by atoms with Gasteiger partial charge in [-0.25, -0.2) is 9.78 Å². The molecule has 0 saturated heterocycles. The van der Waals surface area contributed by atoms with E-state index in [9.17, 15) is 4.79 Å². The Hall–Kier alpha value is -2.36. The molecule has 104 valence electrons. The van der Waals surface area contributed by atoms with Gasteiger partial charge in [-0.3, -0.25) is 0 Å². The lowest BCUT2D eigenvalue weighted by molar-refractivity contribution is -0.134. The molecule has 0 fully saturated rings. The number of ether oxygens (including phenoxy) is 2. The van der Waals surface area contributed by atoms with Crippen molar-refractivity contribution in [2.24, 2.45) is 0 Å². The smallest absolute Gasteiger partial charge is 0.330 e. The number of carbonyl (C=O) groups excluding carboxylic acids is 1. The van der Waals surface area contributed by atoms with Crippen LogP contribution in [-0.4, -0.2) is 25.2 Å². The molecule has 1 heterocycles. The van der Waals surface area contributed by atoms with Crippen LogP contribution in [0, 0.1) is 0 Å². The van der Waals surface area contributed by atoms with E-state index in [-0.39, 0.29) is 5.97 Å². The van der Waals surface area contributed by atoms with Crippen LogP contribution >= 0.6 is 0 Å². The summed E-state index contributed by atoms with van der Waals surface area (Å²) in [5.74, 6) is 0.270. The number of methoxy groups -OCH3 is 2. The minimum atomic E-state index is -0.378. The minimum Gasteiger partial charge on any atom is -0.481 e. The lowest BCUT2D eigenvalue weighted by Gasteiger charge is -2.08. The Bertz CT molecular complexity index is 662. The number of carbonyl (C=O) groups is 1. The van der Waals surface area contributed by atoms with Gasteiger partial charge in [-0.05, 0) is 30.2 Å². The first kappa shape index (κ1) is 14.1. The predicted octanol–water partition coefficient (Wildman–Crippen LogP) is 2.99. The highest BCUT2D eigenvalue weighted by molar-refractivity contribution is 5.88. The van der Waals surface area contributed by atoms with Gasteiger partial charge in [0.25, 0.3) is 0 Å². The van der Waals surface area contributed by atoms with Crippen LogP contribution in [0.25, 0.3) is 17.0 Å². The highest BCUT2D eigenvalue weighted by atomic mass is 16.5. The summed E-state index contributed by atoms with van der Waals surface area (Å²) in [5, 5.41) is 1.05. The van der Waals surface area contributed by atoms with E-state index in [4.69, 9.17) is 4.74 Å². The zero-order valence-corrected chi connectivity index (χ0v) is 11.8. The molecule has 0 atom stereocenters. The van der Waals surface area contributed by atoms with E-state index in [0.29, 0.717) is 5.88 Å². The number of aromatic nitrogens is 1. The van der Waals surface area contributed by atoms with Gasteiger partial charge in [0.1, 0.15) is 0 Å². The topological polar surface area (TPSA) is 48.4 Å². The number of rotatable bonds is 4. The summed E-state index contributed by atoms with van der Waals surface area (Å²) in [6.07, 6.45) is 3.96. The maximum atomic E-state index is 11.1. The molecule has 2 aromatic rings. The van der Waals surface area contributed by atoms with Crippen molar-refractivity contribution in [3.05, 3.63) is 41.5 Å². The number of nitrogens with zero attached hydrogens (tertiary/aromatic N) is 1. The summed E-state index contributed by atoms with van der Waals surface area (Å²) in [5.41, 5.74) is 2.81. The number of benzene rings is 1. The molecule has 0 aliphatic rings. The summed E-state index contributed by atoms with van der Waals surface area (Å²) < 4.78 is 9.86. The van der Waals surface area contributed by atoms with Crippen molar-refractivity contribution in [3.63, 3.8) is 0 Å². The average Bonchev–Trinajstić information content (AvgIpc) is 2.50. The van der Waals surface area contributed by atoms with E-state index in [2.05, 4.69) is 22.7 Å². The Morgan fingerprint density at radius 3 is 2.75 bits per heavy atom. The normalized spacial score (nSPS) is 10.9. The molecule has 0 radical (unpaired) electrons. The standard InChI is InChI=1S/C16H17NO3/c1-4-12-10-13-7-5-11(6-8-15(18)19-2)9-14(13)17-16(12)20-3/h5-10H,4H2,1-3H3. The molecule has 20 heavy (non-hydrogen) atoms. The van der Waals surface area contributed by atoms with Gasteiger partial charge < -0.3 is 9.47 Å². The monoisotopic (exact) mass is 271 g/mol. The van der Waals surface area contributed by atoms with E-state index >= 15 is 0 Å². The fourth-order valence-electron chi connectivity index (χ4n) is 1.98. The number of pyridine rings is 1. The molecule has 0 saturated carbocycles. The van der Waals surface area contributed by atoms with E-state index in [1.807, 2.05) is 18.2 Å². The Balaban J connectivity index is 2.43. The SMILES string of the molecule is CCc1cc2ccc(C=CC(=O)OC)cc2nc1OC. The third-order valence-electron chi connectivity index (χ3n) is 3.07. The first-order valence-electron chi connectivity index (χ1n) is 6.41. The Morgan fingerprint density at radius 2 is 2.10 bits per heavy atom. The summed E-state index contributed by atoms with van der Waals surface area (Å²) in [7, 11) is 2.97. The quantitative estimate of drug-likeness (QED) is 0.633. The van der Waals surface area contributed by atoms with Crippen molar-refractivity contribution in [2.75, 3.05) is 14.2 Å². The second-order valence-electron chi connectivity index (χ2n) is 4.32. The van der Waals surface area contributed by atoms with Crippen molar-refractivity contribution >= 4 is 22.9 Å². The molecule has 1 aromatic heterocycles. The molecule has 0 aliphatic carbocycles. The van der Waals surface area contributed by atoms with Gasteiger partial charge in [0.15, 0.2) is 0 Å². The van der Waals surface area contributed by atoms with Crippen molar-refractivity contribution in [3.8, 4) is 5.88 Å². The van der Waals surface area contributed by atoms with Crippen LogP contribution in [0.4, 0.5) is 0 Å². The molecular formula is C16H17NO3. The van der Waals surface area contributed by atoms with Gasteiger partial charge in [-0.2, -0.15) is 0 Å². The molecule has 4 nitrogen and oxygen atoms in total. The Kier molecular flexibility index (Phi) is 4.35. The average molecular weight is 271 g/mol. The molecule has 2 rings (SSSR count). The maximum absolute atomic E-state index is 11.1. The van der Waals surface area contributed by atoms with Gasteiger partial charge in [-0.15, -0.1) is 0 Å². The predicted molar refractivity (Wildman–Crippen MR) is 78.7 cm³/mol. The highest BCUT2D eigenvalue weighted by Crippen LogP contribution is 2.23. The van der Waals surface area contributed by atoms with Crippen molar-refractivity contribution in [1.82, 2.24) is 4.98 Å². The van der Waals surface area contributed by atoms with Crippen LogP contribution in [0.5, 0.6) is 5.88 Å². The first-order valence-corrected chi connectivity index (χ1v) is 6.41. The zero-order valence-electron chi connectivity index (χ0n) is 11.8. The van der Waals surface area contributed by atoms with Crippen LogP contribution in [0.2, 0.25) is 0 Å². The van der Waals surface area contributed by atoms with Gasteiger partial charge >= 0.3 is 5.97 Å². The second-order valence-corrected chi connectivity index (χ2v) is 4.32. The first-order chi connectivity index (χ1) is 9.67. The van der Waals surface area contributed by atoms with Crippen LogP contribution in [0.3, 0.4) is 0 Å². The van der Waals surface area contributed by atoms with Gasteiger partial charge in [-0.1, -0.05) is 19.1 Å². The number of hydrogen-bond donors (Lipinski definition) is 0. The van der Waals surface area contributed by atoms with E-state index in [0.717, 1.165) is 28.5 Å². The van der Waals surface area contributed by atoms with Crippen molar-refractivity contribution in [1.29, 1.82) is 0 Å². The van der Waals surface area contributed by atoms with Crippen LogP contribution in [-0.2, 0) is 16.0 Å². The fourth-order valence-corrected chi connectivity index (χ4v) is 1.98. The largest absolute Gasteiger partial charge is 0.481 e. The molecule has 0 amide bonds. The lowest BCUT2D eigenvalue weighted by atomic mass is 10.1. The van der Waals surface area contributed by atoms with Crippen molar-refractivity contribution in [2.45, 2.75) is 13.3 Å². The number of fused-ring (bicyclic) bond motifs is 1. The number of aryl methyl sites for hydroxylation is 1. The Morgan fingerprint density at radius 1 is 1.30 bits per heavy atom. The minimum absolute atomic E-state index is 0.378. The van der Waals surface area contributed by atoms with Crippen LogP contribution < -0.4 is 4.74 Å². The molecular weight excluding hydrogens is 254 g/mol. The second kappa shape index (κ2) is 6.19. The Labute approximate surface area is 118 Å². The maximum Gasteiger partial charge on any atom is 0.330 e. The summed E-state index contributed by atoms with van der Waals surface area (Å²) >= 11 is 0. The molecule has 0 spiro atoms. The fraction of sp³-hybridized carbons (Fsp3) is 0.250. The lowest BCUT2D eigenvalue weighted by Crippen LogP contribution is -1.95. The van der Waals surface area contributed by atoms with E-state index < -0.39 is 0 Å². The van der Waals surface area contributed by atoms with Gasteiger partial charge in [0.05, 0.1) is 19.7 Å². The third-order valence-corrected chi connectivity index (χ3v) is 3.07. The van der Waals surface area contributed by atoms with Crippen molar-refractivity contribution < 1.29 is 14.3 Å². The number of hydrogen-bond acceptors (Lipinski definition) is 4. The van der Waals surface area contributed by atoms with Gasteiger partial charge in [0, 0.05) is 17.0 Å². The van der Waals surface area contributed by atoms with Crippen LogP contribution in [0.15, 0.2) is 30.3 Å². The van der Waals surface area contributed by atoms with E-state index in [1.165, 1.54) is 13.2 Å². The molecule has 1 aromatic carbocycles. The number of esters is 1. The summed E-state index contributed by atoms with van der Waals surface area (Å²) in [6, 6.07) is 7.92. The molecule has 0 aliphatic heterocycles. The van der Waals surface area contributed by atoms with Gasteiger partial charge in [0.2, 0.25) is 5.88 Å². The molecule has 0 bridgehead atoms. The molecule has 0 unspecified atom stereocenters. The zero-order chi connectivity index (χ0) is 14.5. The van der Waals surface area contributed by atoms with Crippen LogP contribution in [0.1, 0.15) is 18.1 Å². The highest BCUT2D eigenvalue weighted by Gasteiger charge is 2.06.